The summed E-state index contributed by atoms with van der Waals surface area (Å²) in [7, 11) is 1.60. The standard InChI is InChI=1S/C26H27F3N2O/c1-18-8-6-7-11-22(18)23(17-14-19-12-15-21(16-13-19)26(27,28)29)31-24(25(32)30-2)20-9-4-3-5-10-20/h3-13,15-16,23-24,31H,14,17H2,1-2H3,(H,30,32)/t23-,24?/m1/s1. The van der Waals surface area contributed by atoms with E-state index in [0.717, 1.165) is 34.4 Å². The lowest BCUT2D eigenvalue weighted by atomic mass is 9.93. The molecule has 0 bridgehead atoms. The van der Waals surface area contributed by atoms with E-state index in [-0.39, 0.29) is 11.9 Å². The van der Waals surface area contributed by atoms with Gasteiger partial charge in [0.2, 0.25) is 5.91 Å². The lowest BCUT2D eigenvalue weighted by molar-refractivity contribution is -0.137. The Morgan fingerprint density at radius 1 is 0.906 bits per heavy atom. The Morgan fingerprint density at radius 2 is 1.53 bits per heavy atom. The molecule has 0 spiro atoms. The molecule has 0 fully saturated rings. The van der Waals surface area contributed by atoms with E-state index >= 15 is 0 Å². The van der Waals surface area contributed by atoms with Crippen LogP contribution in [-0.2, 0) is 17.4 Å². The number of amides is 1. The third kappa shape index (κ3) is 5.98. The number of nitrogens with one attached hydrogen (secondary N) is 2. The maximum atomic E-state index is 12.9. The zero-order valence-electron chi connectivity index (χ0n) is 18.1. The highest BCUT2D eigenvalue weighted by Gasteiger charge is 2.30. The SMILES string of the molecule is CNC(=O)C(N[C@H](CCc1ccc(C(F)(F)F)cc1)c1ccccc1C)c1ccccc1. The lowest BCUT2D eigenvalue weighted by Gasteiger charge is -2.27. The smallest absolute Gasteiger partial charge is 0.358 e. The predicted octanol–water partition coefficient (Wildman–Crippen LogP) is 5.76. The van der Waals surface area contributed by atoms with Crippen LogP contribution in [0.25, 0.3) is 0 Å². The van der Waals surface area contributed by atoms with Crippen molar-refractivity contribution in [2.24, 2.45) is 0 Å². The Bertz CT molecular complexity index is 1020. The molecule has 3 aromatic carbocycles. The maximum Gasteiger partial charge on any atom is 0.416 e. The van der Waals surface area contributed by atoms with Crippen molar-refractivity contribution in [2.45, 2.75) is 38.0 Å². The van der Waals surface area contributed by atoms with Gasteiger partial charge in [-0.2, -0.15) is 13.2 Å². The third-order valence-electron chi connectivity index (χ3n) is 5.58. The molecule has 3 rings (SSSR count). The summed E-state index contributed by atoms with van der Waals surface area (Å²) >= 11 is 0. The molecule has 0 aliphatic heterocycles. The van der Waals surface area contributed by atoms with Crippen LogP contribution in [0.15, 0.2) is 78.9 Å². The van der Waals surface area contributed by atoms with E-state index < -0.39 is 17.8 Å². The highest BCUT2D eigenvalue weighted by molar-refractivity contribution is 5.83. The molecule has 0 saturated heterocycles. The number of carbonyl (C=O) groups excluding carboxylic acids is 1. The summed E-state index contributed by atoms with van der Waals surface area (Å²) in [5.41, 5.74) is 3.15. The number of aryl methyl sites for hydroxylation is 2. The minimum Gasteiger partial charge on any atom is -0.358 e. The number of hydrogen-bond acceptors (Lipinski definition) is 2. The van der Waals surface area contributed by atoms with Crippen LogP contribution in [0.4, 0.5) is 13.2 Å². The number of benzene rings is 3. The van der Waals surface area contributed by atoms with Gasteiger partial charge in [0.25, 0.3) is 0 Å². The van der Waals surface area contributed by atoms with Crippen LogP contribution in [0, 0.1) is 6.92 Å². The lowest BCUT2D eigenvalue weighted by Crippen LogP contribution is -2.38. The van der Waals surface area contributed by atoms with Crippen LogP contribution in [0.3, 0.4) is 0 Å². The van der Waals surface area contributed by atoms with E-state index in [1.165, 1.54) is 12.1 Å². The van der Waals surface area contributed by atoms with Gasteiger partial charge in [-0.1, -0.05) is 66.7 Å². The second-order valence-corrected chi connectivity index (χ2v) is 7.77. The molecule has 3 nitrogen and oxygen atoms in total. The monoisotopic (exact) mass is 440 g/mol. The Morgan fingerprint density at radius 3 is 2.12 bits per heavy atom. The molecule has 1 amide bonds. The minimum absolute atomic E-state index is 0.149. The van der Waals surface area contributed by atoms with Crippen molar-refractivity contribution < 1.29 is 18.0 Å². The Kier molecular flexibility index (Phi) is 7.70. The molecule has 3 aromatic rings. The van der Waals surface area contributed by atoms with Crippen LogP contribution in [0.1, 0.15) is 46.3 Å². The van der Waals surface area contributed by atoms with Gasteiger partial charge in [-0.25, -0.2) is 0 Å². The van der Waals surface area contributed by atoms with E-state index in [1.54, 1.807) is 7.05 Å². The quantitative estimate of drug-likeness (QED) is 0.467. The molecule has 2 N–H and O–H groups in total. The number of alkyl halides is 3. The third-order valence-corrected chi connectivity index (χ3v) is 5.58. The second kappa shape index (κ2) is 10.5. The van der Waals surface area contributed by atoms with E-state index in [1.807, 2.05) is 61.5 Å². The van der Waals surface area contributed by atoms with Crippen molar-refractivity contribution in [2.75, 3.05) is 7.05 Å². The van der Waals surface area contributed by atoms with Gasteiger partial charge in [0, 0.05) is 13.1 Å². The Balaban J connectivity index is 1.85. The van der Waals surface area contributed by atoms with Crippen molar-refractivity contribution in [1.82, 2.24) is 10.6 Å². The van der Waals surface area contributed by atoms with Crippen LogP contribution >= 0.6 is 0 Å². The molecule has 0 aliphatic carbocycles. The second-order valence-electron chi connectivity index (χ2n) is 7.77. The van der Waals surface area contributed by atoms with Crippen molar-refractivity contribution in [3.63, 3.8) is 0 Å². The molecule has 0 aromatic heterocycles. The predicted molar refractivity (Wildman–Crippen MR) is 120 cm³/mol. The van der Waals surface area contributed by atoms with Crippen LogP contribution < -0.4 is 10.6 Å². The summed E-state index contributed by atoms with van der Waals surface area (Å²) in [6, 6.07) is 22.0. The van der Waals surface area contributed by atoms with Crippen molar-refractivity contribution in [1.29, 1.82) is 0 Å². The van der Waals surface area contributed by atoms with E-state index in [2.05, 4.69) is 10.6 Å². The van der Waals surface area contributed by atoms with Gasteiger partial charge >= 0.3 is 6.18 Å². The molecular formula is C26H27F3N2O. The molecule has 0 saturated carbocycles. The summed E-state index contributed by atoms with van der Waals surface area (Å²) in [5, 5.41) is 6.21. The zero-order chi connectivity index (χ0) is 23.1. The maximum absolute atomic E-state index is 12.9. The average Bonchev–Trinajstić information content (AvgIpc) is 2.79. The van der Waals surface area contributed by atoms with Gasteiger partial charge in [0.1, 0.15) is 6.04 Å². The van der Waals surface area contributed by atoms with Gasteiger partial charge in [0.15, 0.2) is 0 Å². The van der Waals surface area contributed by atoms with E-state index in [9.17, 15) is 18.0 Å². The fourth-order valence-electron chi connectivity index (χ4n) is 3.79. The number of halogens is 3. The summed E-state index contributed by atoms with van der Waals surface area (Å²) in [5.74, 6) is -0.149. The largest absolute Gasteiger partial charge is 0.416 e. The van der Waals surface area contributed by atoms with E-state index in [0.29, 0.717) is 12.8 Å². The average molecular weight is 441 g/mol. The number of carbonyl (C=O) groups is 1. The molecule has 0 heterocycles. The van der Waals surface area contributed by atoms with Crippen molar-refractivity contribution in [3.8, 4) is 0 Å². The summed E-state index contributed by atoms with van der Waals surface area (Å²) in [6.45, 7) is 2.01. The Labute approximate surface area is 186 Å². The molecule has 2 atom stereocenters. The summed E-state index contributed by atoms with van der Waals surface area (Å²) in [6.07, 6.45) is -3.16. The first-order valence-electron chi connectivity index (χ1n) is 10.5. The van der Waals surface area contributed by atoms with Gasteiger partial charge in [-0.05, 0) is 54.2 Å². The van der Waals surface area contributed by atoms with Gasteiger partial charge in [-0.15, -0.1) is 0 Å². The highest BCUT2D eigenvalue weighted by Crippen LogP contribution is 2.30. The van der Waals surface area contributed by atoms with Crippen LogP contribution in [-0.4, -0.2) is 13.0 Å². The fourth-order valence-corrected chi connectivity index (χ4v) is 3.79. The zero-order valence-corrected chi connectivity index (χ0v) is 18.1. The van der Waals surface area contributed by atoms with E-state index in [4.69, 9.17) is 0 Å². The molecular weight excluding hydrogens is 413 g/mol. The van der Waals surface area contributed by atoms with Gasteiger partial charge in [-0.3, -0.25) is 10.1 Å². The highest BCUT2D eigenvalue weighted by atomic mass is 19.4. The molecule has 0 radical (unpaired) electrons. The first-order chi connectivity index (χ1) is 15.3. The molecule has 1 unspecified atom stereocenters. The van der Waals surface area contributed by atoms with Gasteiger partial charge < -0.3 is 5.32 Å². The Hall–Kier alpha value is -3.12. The minimum atomic E-state index is -4.35. The molecule has 168 valence electrons. The first kappa shape index (κ1) is 23.5. The van der Waals surface area contributed by atoms with Crippen LogP contribution in [0.5, 0.6) is 0 Å². The van der Waals surface area contributed by atoms with Crippen LogP contribution in [0.2, 0.25) is 0 Å². The van der Waals surface area contributed by atoms with Crippen molar-refractivity contribution in [3.05, 3.63) is 107 Å². The van der Waals surface area contributed by atoms with Crippen molar-refractivity contribution >= 4 is 5.91 Å². The fraction of sp³-hybridized carbons (Fsp3) is 0.269. The number of likely N-dealkylation sites (N-methyl/N-ethyl adjacent to an activating group) is 1. The molecule has 0 aliphatic rings. The molecule has 32 heavy (non-hydrogen) atoms. The first-order valence-corrected chi connectivity index (χ1v) is 10.5. The number of hydrogen-bond donors (Lipinski definition) is 2. The summed E-state index contributed by atoms with van der Waals surface area (Å²) < 4.78 is 38.6. The van der Waals surface area contributed by atoms with Gasteiger partial charge in [0.05, 0.1) is 5.56 Å². The topological polar surface area (TPSA) is 41.1 Å². The number of rotatable bonds is 8. The normalized spacial score (nSPS) is 13.4. The summed E-state index contributed by atoms with van der Waals surface area (Å²) in [4.78, 5) is 12.7. The molecule has 6 heteroatoms.